The lowest BCUT2D eigenvalue weighted by Gasteiger charge is -2.10. The monoisotopic (exact) mass is 257 g/mol. The normalized spacial score (nSPS) is 10.7. The molecule has 100 valence electrons. The van der Waals surface area contributed by atoms with Crippen LogP contribution in [-0.2, 0) is 6.54 Å². The highest BCUT2D eigenvalue weighted by Crippen LogP contribution is 2.15. The third-order valence-electron chi connectivity index (χ3n) is 2.73. The number of nitrogens with one attached hydrogen (secondary N) is 1. The van der Waals surface area contributed by atoms with E-state index < -0.39 is 0 Å². The molecule has 2 aromatic rings. The van der Waals surface area contributed by atoms with Crippen LogP contribution in [0.25, 0.3) is 0 Å². The summed E-state index contributed by atoms with van der Waals surface area (Å²) in [6.45, 7) is 6.73. The predicted molar refractivity (Wildman–Crippen MR) is 76.8 cm³/mol. The second-order valence-corrected chi connectivity index (χ2v) is 4.85. The number of aromatic nitrogens is 3. The van der Waals surface area contributed by atoms with Gasteiger partial charge in [0.2, 0.25) is 0 Å². The molecule has 0 aliphatic heterocycles. The van der Waals surface area contributed by atoms with Gasteiger partial charge in [0.1, 0.15) is 17.5 Å². The van der Waals surface area contributed by atoms with Gasteiger partial charge in [0, 0.05) is 30.4 Å². The number of nitrogens with two attached hydrogens (primary N) is 1. The lowest BCUT2D eigenvalue weighted by Crippen LogP contribution is -2.07. The highest BCUT2D eigenvalue weighted by Gasteiger charge is 2.06. The first-order valence-electron chi connectivity index (χ1n) is 6.34. The average Bonchev–Trinajstić information content (AvgIpc) is 2.37. The predicted octanol–water partition coefficient (Wildman–Crippen LogP) is 2.50. The first kappa shape index (κ1) is 13.3. The Kier molecular flexibility index (Phi) is 3.94. The number of rotatable bonds is 4. The molecule has 0 bridgehead atoms. The fourth-order valence-electron chi connectivity index (χ4n) is 1.63. The van der Waals surface area contributed by atoms with Crippen molar-refractivity contribution in [2.75, 3.05) is 11.1 Å². The van der Waals surface area contributed by atoms with E-state index in [-0.39, 0.29) is 5.92 Å². The van der Waals surface area contributed by atoms with E-state index >= 15 is 0 Å². The second-order valence-electron chi connectivity index (χ2n) is 4.85. The van der Waals surface area contributed by atoms with Crippen LogP contribution in [-0.4, -0.2) is 15.0 Å². The minimum Gasteiger partial charge on any atom is -0.384 e. The SMILES string of the molecule is Cc1ccc(CNc2cc(N)nc(C(C)C)n2)cn1. The van der Waals surface area contributed by atoms with E-state index in [2.05, 4.69) is 20.3 Å². The van der Waals surface area contributed by atoms with Crippen molar-refractivity contribution < 1.29 is 0 Å². The molecule has 2 rings (SSSR count). The zero-order valence-electron chi connectivity index (χ0n) is 11.5. The molecule has 0 spiro atoms. The first-order valence-corrected chi connectivity index (χ1v) is 6.34. The molecule has 5 nitrogen and oxygen atoms in total. The highest BCUT2D eigenvalue weighted by atomic mass is 15.0. The molecule has 0 aromatic carbocycles. The number of aryl methyl sites for hydroxylation is 1. The number of anilines is 2. The lowest BCUT2D eigenvalue weighted by atomic mass is 10.2. The van der Waals surface area contributed by atoms with Crippen molar-refractivity contribution in [3.8, 4) is 0 Å². The third kappa shape index (κ3) is 3.64. The average molecular weight is 257 g/mol. The van der Waals surface area contributed by atoms with Gasteiger partial charge in [-0.05, 0) is 18.6 Å². The Bertz CT molecular complexity index is 548. The van der Waals surface area contributed by atoms with Crippen LogP contribution in [0.15, 0.2) is 24.4 Å². The number of nitrogen functional groups attached to an aromatic ring is 1. The summed E-state index contributed by atoms with van der Waals surface area (Å²) in [5.41, 5.74) is 7.90. The van der Waals surface area contributed by atoms with Crippen molar-refractivity contribution in [1.29, 1.82) is 0 Å². The molecule has 0 amide bonds. The van der Waals surface area contributed by atoms with Gasteiger partial charge in [0.15, 0.2) is 0 Å². The summed E-state index contributed by atoms with van der Waals surface area (Å²) < 4.78 is 0. The molecular weight excluding hydrogens is 238 g/mol. The molecule has 3 N–H and O–H groups in total. The van der Waals surface area contributed by atoms with Crippen LogP contribution in [0.1, 0.15) is 36.8 Å². The summed E-state index contributed by atoms with van der Waals surface area (Å²) in [4.78, 5) is 12.9. The second kappa shape index (κ2) is 5.65. The highest BCUT2D eigenvalue weighted by molar-refractivity contribution is 5.45. The minimum atomic E-state index is 0.255. The van der Waals surface area contributed by atoms with E-state index in [0.29, 0.717) is 12.4 Å². The van der Waals surface area contributed by atoms with Crippen LogP contribution >= 0.6 is 0 Å². The van der Waals surface area contributed by atoms with Crippen LogP contribution in [0.4, 0.5) is 11.6 Å². The van der Waals surface area contributed by atoms with E-state index in [1.165, 1.54) is 0 Å². The topological polar surface area (TPSA) is 76.7 Å². The standard InChI is InChI=1S/C14H19N5/c1-9(2)14-18-12(15)6-13(19-14)17-8-11-5-4-10(3)16-7-11/h4-7,9H,8H2,1-3H3,(H3,15,17,18,19). The smallest absolute Gasteiger partial charge is 0.135 e. The summed E-state index contributed by atoms with van der Waals surface area (Å²) >= 11 is 0. The molecule has 0 saturated carbocycles. The van der Waals surface area contributed by atoms with Crippen LogP contribution in [0.5, 0.6) is 0 Å². The Morgan fingerprint density at radius 2 is 2.05 bits per heavy atom. The van der Waals surface area contributed by atoms with Crippen LogP contribution in [0.2, 0.25) is 0 Å². The molecule has 0 saturated heterocycles. The number of hydrogen-bond acceptors (Lipinski definition) is 5. The van der Waals surface area contributed by atoms with Crippen LogP contribution in [0.3, 0.4) is 0 Å². The Morgan fingerprint density at radius 3 is 2.68 bits per heavy atom. The molecule has 19 heavy (non-hydrogen) atoms. The Hall–Kier alpha value is -2.17. The summed E-state index contributed by atoms with van der Waals surface area (Å²) in [6.07, 6.45) is 1.86. The molecule has 0 radical (unpaired) electrons. The number of pyridine rings is 1. The van der Waals surface area contributed by atoms with Gasteiger partial charge in [-0.1, -0.05) is 19.9 Å². The van der Waals surface area contributed by atoms with Crippen molar-refractivity contribution >= 4 is 11.6 Å². The van der Waals surface area contributed by atoms with E-state index in [9.17, 15) is 0 Å². The third-order valence-corrected chi connectivity index (χ3v) is 2.73. The van der Waals surface area contributed by atoms with Crippen molar-refractivity contribution in [3.05, 3.63) is 41.5 Å². The van der Waals surface area contributed by atoms with Gasteiger partial charge in [0.05, 0.1) is 0 Å². The fourth-order valence-corrected chi connectivity index (χ4v) is 1.63. The molecule has 0 aliphatic carbocycles. The zero-order chi connectivity index (χ0) is 13.8. The first-order chi connectivity index (χ1) is 9.04. The van der Waals surface area contributed by atoms with Crippen molar-refractivity contribution in [2.45, 2.75) is 33.2 Å². The summed E-state index contributed by atoms with van der Waals surface area (Å²) in [5, 5.41) is 3.25. The maximum atomic E-state index is 5.78. The van der Waals surface area contributed by atoms with Crippen LogP contribution in [0, 0.1) is 6.92 Å². The number of nitrogens with zero attached hydrogens (tertiary/aromatic N) is 3. The van der Waals surface area contributed by atoms with E-state index in [1.54, 1.807) is 6.07 Å². The van der Waals surface area contributed by atoms with E-state index in [1.807, 2.05) is 39.1 Å². The number of hydrogen-bond donors (Lipinski definition) is 2. The lowest BCUT2D eigenvalue weighted by molar-refractivity contribution is 0.777. The van der Waals surface area contributed by atoms with Gasteiger partial charge in [0.25, 0.3) is 0 Å². The van der Waals surface area contributed by atoms with Crippen molar-refractivity contribution in [3.63, 3.8) is 0 Å². The Morgan fingerprint density at radius 1 is 1.26 bits per heavy atom. The molecule has 5 heteroatoms. The minimum absolute atomic E-state index is 0.255. The summed E-state index contributed by atoms with van der Waals surface area (Å²) in [6, 6.07) is 5.78. The van der Waals surface area contributed by atoms with Gasteiger partial charge < -0.3 is 11.1 Å². The van der Waals surface area contributed by atoms with Crippen molar-refractivity contribution in [1.82, 2.24) is 15.0 Å². The van der Waals surface area contributed by atoms with Gasteiger partial charge in [-0.15, -0.1) is 0 Å². The quantitative estimate of drug-likeness (QED) is 0.880. The molecule has 2 heterocycles. The van der Waals surface area contributed by atoms with Gasteiger partial charge in [-0.2, -0.15) is 0 Å². The fraction of sp³-hybridized carbons (Fsp3) is 0.357. The van der Waals surface area contributed by atoms with Gasteiger partial charge in [-0.25, -0.2) is 9.97 Å². The molecule has 0 unspecified atom stereocenters. The molecule has 2 aromatic heterocycles. The Labute approximate surface area is 113 Å². The molecule has 0 aliphatic rings. The van der Waals surface area contributed by atoms with E-state index in [0.717, 1.165) is 22.9 Å². The molecular formula is C14H19N5. The maximum absolute atomic E-state index is 5.78. The zero-order valence-corrected chi connectivity index (χ0v) is 11.5. The van der Waals surface area contributed by atoms with Crippen molar-refractivity contribution in [2.24, 2.45) is 0 Å². The summed E-state index contributed by atoms with van der Waals surface area (Å²) in [5.74, 6) is 2.25. The van der Waals surface area contributed by atoms with Crippen LogP contribution < -0.4 is 11.1 Å². The molecule has 0 atom stereocenters. The maximum Gasteiger partial charge on any atom is 0.135 e. The Balaban J connectivity index is 2.08. The molecule has 0 fully saturated rings. The van der Waals surface area contributed by atoms with Gasteiger partial charge in [-0.3, -0.25) is 4.98 Å². The largest absolute Gasteiger partial charge is 0.384 e. The summed E-state index contributed by atoms with van der Waals surface area (Å²) in [7, 11) is 0. The van der Waals surface area contributed by atoms with E-state index in [4.69, 9.17) is 5.73 Å². The van der Waals surface area contributed by atoms with Gasteiger partial charge >= 0.3 is 0 Å².